The van der Waals surface area contributed by atoms with Gasteiger partial charge in [0.2, 0.25) is 10.0 Å². The topological polar surface area (TPSA) is 68.3 Å². The normalized spacial score (nSPS) is 11.4. The quantitative estimate of drug-likeness (QED) is 0.828. The van der Waals surface area contributed by atoms with Crippen LogP contribution in [-0.4, -0.2) is 20.0 Å². The molecule has 7 heteroatoms. The Hall–Kier alpha value is -1.63. The molecule has 0 spiro atoms. The number of aromatic nitrogens is 1. The monoisotopic (exact) mass is 354 g/mol. The maximum atomic E-state index is 12.6. The Morgan fingerprint density at radius 1 is 1.35 bits per heavy atom. The lowest BCUT2D eigenvalue weighted by Crippen LogP contribution is -2.24. The van der Waals surface area contributed by atoms with Gasteiger partial charge in [-0.15, -0.1) is 0 Å². The van der Waals surface area contributed by atoms with Crippen LogP contribution in [0.25, 0.3) is 0 Å². The van der Waals surface area contributed by atoms with Crippen molar-refractivity contribution >= 4 is 21.6 Å². The molecule has 0 saturated heterocycles. The Morgan fingerprint density at radius 3 is 2.78 bits per heavy atom. The van der Waals surface area contributed by atoms with Gasteiger partial charge in [0.25, 0.3) is 0 Å². The van der Waals surface area contributed by atoms with Gasteiger partial charge in [-0.2, -0.15) is 0 Å². The molecule has 0 aliphatic heterocycles. The van der Waals surface area contributed by atoms with E-state index in [9.17, 15) is 8.42 Å². The largest absolute Gasteiger partial charge is 0.492 e. The zero-order chi connectivity index (χ0) is 16.9. The van der Waals surface area contributed by atoms with Crippen LogP contribution in [0.4, 0.5) is 0 Å². The number of nitrogens with one attached hydrogen (secondary N) is 1. The van der Waals surface area contributed by atoms with Gasteiger partial charge in [-0.25, -0.2) is 13.1 Å². The van der Waals surface area contributed by atoms with Gasteiger partial charge in [-0.3, -0.25) is 4.98 Å². The highest BCUT2D eigenvalue weighted by Crippen LogP contribution is 2.30. The summed E-state index contributed by atoms with van der Waals surface area (Å²) in [5.41, 5.74) is 1.54. The molecule has 0 amide bonds. The SMILES string of the molecule is CCCOc1cc(C)c(Cl)cc1S(=O)(=O)NCc1cccnc1. The van der Waals surface area contributed by atoms with Gasteiger partial charge in [0.05, 0.1) is 6.61 Å². The first-order chi connectivity index (χ1) is 10.9. The Labute approximate surface area is 141 Å². The molecule has 23 heavy (non-hydrogen) atoms. The number of rotatable bonds is 7. The molecule has 1 N–H and O–H groups in total. The highest BCUT2D eigenvalue weighted by atomic mass is 35.5. The van der Waals surface area contributed by atoms with Gasteiger partial charge in [0, 0.05) is 24.0 Å². The van der Waals surface area contributed by atoms with Crippen LogP contribution in [0.3, 0.4) is 0 Å². The Kier molecular flexibility index (Phi) is 5.98. The third-order valence-electron chi connectivity index (χ3n) is 3.17. The summed E-state index contributed by atoms with van der Waals surface area (Å²) in [6, 6.07) is 6.62. The first kappa shape index (κ1) is 17.7. The van der Waals surface area contributed by atoms with E-state index in [0.717, 1.165) is 17.5 Å². The van der Waals surface area contributed by atoms with Crippen LogP contribution in [0.15, 0.2) is 41.6 Å². The van der Waals surface area contributed by atoms with Gasteiger partial charge in [0.1, 0.15) is 10.6 Å². The van der Waals surface area contributed by atoms with Crippen molar-refractivity contribution in [2.75, 3.05) is 6.61 Å². The van der Waals surface area contributed by atoms with Gasteiger partial charge >= 0.3 is 0 Å². The van der Waals surface area contributed by atoms with Gasteiger partial charge in [-0.1, -0.05) is 24.6 Å². The molecule has 0 radical (unpaired) electrons. The summed E-state index contributed by atoms with van der Waals surface area (Å²) in [5.74, 6) is 0.312. The van der Waals surface area contributed by atoms with Crippen molar-refractivity contribution in [1.82, 2.24) is 9.71 Å². The average molecular weight is 355 g/mol. The molecular weight excluding hydrogens is 336 g/mol. The second kappa shape index (κ2) is 7.77. The first-order valence-corrected chi connectivity index (χ1v) is 9.11. The number of aryl methyl sites for hydroxylation is 1. The van der Waals surface area contributed by atoms with E-state index in [0.29, 0.717) is 17.4 Å². The summed E-state index contributed by atoms with van der Waals surface area (Å²) in [5, 5.41) is 0.385. The van der Waals surface area contributed by atoms with Gasteiger partial charge in [-0.05, 0) is 42.7 Å². The van der Waals surface area contributed by atoms with Crippen LogP contribution in [-0.2, 0) is 16.6 Å². The van der Waals surface area contributed by atoms with Crippen LogP contribution in [0.2, 0.25) is 5.02 Å². The number of halogens is 1. The standard InChI is InChI=1S/C16H19ClN2O3S/c1-3-7-22-15-8-12(2)14(17)9-16(15)23(20,21)19-11-13-5-4-6-18-10-13/h4-6,8-10,19H,3,7,11H2,1-2H3. The average Bonchev–Trinajstić information content (AvgIpc) is 2.54. The van der Waals surface area contributed by atoms with Crippen LogP contribution < -0.4 is 9.46 Å². The third-order valence-corrected chi connectivity index (χ3v) is 4.99. The Balaban J connectivity index is 2.28. The molecule has 124 valence electrons. The minimum absolute atomic E-state index is 0.0467. The zero-order valence-corrected chi connectivity index (χ0v) is 14.6. The molecule has 0 aliphatic rings. The highest BCUT2D eigenvalue weighted by molar-refractivity contribution is 7.89. The molecule has 2 aromatic rings. The summed E-state index contributed by atoms with van der Waals surface area (Å²) in [6.07, 6.45) is 4.03. The molecule has 5 nitrogen and oxygen atoms in total. The molecule has 0 atom stereocenters. The van der Waals surface area contributed by atoms with Crippen molar-refractivity contribution in [2.24, 2.45) is 0 Å². The van der Waals surface area contributed by atoms with E-state index in [2.05, 4.69) is 9.71 Å². The van der Waals surface area contributed by atoms with E-state index < -0.39 is 10.0 Å². The second-order valence-corrected chi connectivity index (χ2v) is 7.22. The smallest absolute Gasteiger partial charge is 0.244 e. The van der Waals surface area contributed by atoms with Crippen LogP contribution in [0.1, 0.15) is 24.5 Å². The molecular formula is C16H19ClN2O3S. The molecule has 0 unspecified atom stereocenters. The summed E-state index contributed by atoms with van der Waals surface area (Å²) in [4.78, 5) is 4.01. The second-order valence-electron chi connectivity index (χ2n) is 5.08. The number of hydrogen-bond donors (Lipinski definition) is 1. The molecule has 2 rings (SSSR count). The summed E-state index contributed by atoms with van der Waals surface area (Å²) in [6.45, 7) is 4.35. The fraction of sp³-hybridized carbons (Fsp3) is 0.312. The number of pyridine rings is 1. The fourth-order valence-electron chi connectivity index (χ4n) is 1.93. The van der Waals surface area contributed by atoms with Crippen LogP contribution >= 0.6 is 11.6 Å². The van der Waals surface area contributed by atoms with Crippen molar-refractivity contribution in [3.63, 3.8) is 0 Å². The molecule has 0 aliphatic carbocycles. The Bertz CT molecular complexity index is 764. The van der Waals surface area contributed by atoms with Crippen molar-refractivity contribution in [2.45, 2.75) is 31.7 Å². The lowest BCUT2D eigenvalue weighted by atomic mass is 10.2. The van der Waals surface area contributed by atoms with Gasteiger partial charge < -0.3 is 4.74 Å². The maximum Gasteiger partial charge on any atom is 0.244 e. The number of ether oxygens (including phenoxy) is 1. The predicted octanol–water partition coefficient (Wildman–Crippen LogP) is 3.31. The summed E-state index contributed by atoms with van der Waals surface area (Å²) < 4.78 is 33.3. The van der Waals surface area contributed by atoms with E-state index >= 15 is 0 Å². The maximum absolute atomic E-state index is 12.6. The minimum atomic E-state index is -3.75. The van der Waals surface area contributed by atoms with Crippen LogP contribution in [0, 0.1) is 6.92 Å². The van der Waals surface area contributed by atoms with E-state index in [4.69, 9.17) is 16.3 Å². The first-order valence-electron chi connectivity index (χ1n) is 7.25. The Morgan fingerprint density at radius 2 is 2.13 bits per heavy atom. The number of sulfonamides is 1. The number of benzene rings is 1. The zero-order valence-electron chi connectivity index (χ0n) is 13.0. The summed E-state index contributed by atoms with van der Waals surface area (Å²) in [7, 11) is -3.75. The lowest BCUT2D eigenvalue weighted by Gasteiger charge is -2.14. The molecule has 0 saturated carbocycles. The molecule has 1 heterocycles. The molecule has 0 fully saturated rings. The van der Waals surface area contributed by atoms with E-state index in [1.807, 2.05) is 6.92 Å². The van der Waals surface area contributed by atoms with E-state index in [1.54, 1.807) is 37.5 Å². The van der Waals surface area contributed by atoms with Gasteiger partial charge in [0.15, 0.2) is 0 Å². The molecule has 1 aromatic heterocycles. The van der Waals surface area contributed by atoms with E-state index in [1.165, 1.54) is 6.07 Å². The van der Waals surface area contributed by atoms with Crippen molar-refractivity contribution < 1.29 is 13.2 Å². The molecule has 0 bridgehead atoms. The predicted molar refractivity (Wildman–Crippen MR) is 90.2 cm³/mol. The van der Waals surface area contributed by atoms with Crippen LogP contribution in [0.5, 0.6) is 5.75 Å². The van der Waals surface area contributed by atoms with Crippen molar-refractivity contribution in [3.8, 4) is 5.75 Å². The van der Waals surface area contributed by atoms with E-state index in [-0.39, 0.29) is 11.4 Å². The van der Waals surface area contributed by atoms with Crippen molar-refractivity contribution in [3.05, 3.63) is 52.8 Å². The lowest BCUT2D eigenvalue weighted by molar-refractivity contribution is 0.309. The molecule has 1 aromatic carbocycles. The fourth-order valence-corrected chi connectivity index (χ4v) is 3.33. The minimum Gasteiger partial charge on any atom is -0.492 e. The summed E-state index contributed by atoms with van der Waals surface area (Å²) >= 11 is 6.09. The highest BCUT2D eigenvalue weighted by Gasteiger charge is 2.21. The number of nitrogens with zero attached hydrogens (tertiary/aromatic N) is 1. The van der Waals surface area contributed by atoms with Crippen molar-refractivity contribution in [1.29, 1.82) is 0 Å². The third kappa shape index (κ3) is 4.67. The number of hydrogen-bond acceptors (Lipinski definition) is 4.